The highest BCUT2D eigenvalue weighted by atomic mass is 16.5. The molecule has 1 aromatic rings. The second kappa shape index (κ2) is 9.65. The molecule has 0 atom stereocenters. The first kappa shape index (κ1) is 16.8. The number of ether oxygens (including phenoxy) is 2. The van der Waals surface area contributed by atoms with E-state index in [1.54, 1.807) is 14.2 Å². The van der Waals surface area contributed by atoms with E-state index in [1.165, 1.54) is 37.8 Å². The number of rotatable bonds is 10. The summed E-state index contributed by atoms with van der Waals surface area (Å²) in [4.78, 5) is 2.48. The van der Waals surface area contributed by atoms with Gasteiger partial charge in [-0.05, 0) is 37.2 Å². The number of hydrogen-bond donors (Lipinski definition) is 0. The standard InChI is InChI=1S/C17H29NO2/c1-5-7-8-9-12-18(6-2)14-15-10-11-16(19-3)17(13-15)20-4/h10-11,13H,5-9,12,14H2,1-4H3. The van der Waals surface area contributed by atoms with Crippen LogP contribution in [0.3, 0.4) is 0 Å². The van der Waals surface area contributed by atoms with Crippen molar-refractivity contribution in [2.45, 2.75) is 46.1 Å². The van der Waals surface area contributed by atoms with E-state index in [4.69, 9.17) is 9.47 Å². The fraction of sp³-hybridized carbons (Fsp3) is 0.647. The lowest BCUT2D eigenvalue weighted by Gasteiger charge is -2.21. The quantitative estimate of drug-likeness (QED) is 0.602. The summed E-state index contributed by atoms with van der Waals surface area (Å²) < 4.78 is 10.6. The molecule has 1 rings (SSSR count). The second-order valence-corrected chi connectivity index (χ2v) is 5.12. The number of benzene rings is 1. The highest BCUT2D eigenvalue weighted by molar-refractivity contribution is 5.42. The first-order valence-electron chi connectivity index (χ1n) is 7.68. The van der Waals surface area contributed by atoms with Crippen LogP contribution in [-0.2, 0) is 6.54 Å². The molecular formula is C17H29NO2. The first-order chi connectivity index (χ1) is 9.74. The van der Waals surface area contributed by atoms with Gasteiger partial charge in [0.1, 0.15) is 0 Å². The van der Waals surface area contributed by atoms with Crippen LogP contribution in [0.2, 0.25) is 0 Å². The average Bonchev–Trinajstić information content (AvgIpc) is 2.50. The molecule has 0 amide bonds. The van der Waals surface area contributed by atoms with Gasteiger partial charge in [-0.15, -0.1) is 0 Å². The van der Waals surface area contributed by atoms with E-state index in [2.05, 4.69) is 30.9 Å². The van der Waals surface area contributed by atoms with E-state index in [0.717, 1.165) is 24.6 Å². The molecule has 1 aromatic carbocycles. The van der Waals surface area contributed by atoms with E-state index >= 15 is 0 Å². The minimum absolute atomic E-state index is 0.794. The predicted octanol–water partition coefficient (Wildman–Crippen LogP) is 4.11. The zero-order valence-electron chi connectivity index (χ0n) is 13.4. The molecule has 0 unspecified atom stereocenters. The molecule has 0 fully saturated rings. The van der Waals surface area contributed by atoms with Gasteiger partial charge in [0.05, 0.1) is 14.2 Å². The van der Waals surface area contributed by atoms with Crippen molar-refractivity contribution in [2.24, 2.45) is 0 Å². The molecule has 114 valence electrons. The Labute approximate surface area is 123 Å². The molecule has 0 bridgehead atoms. The minimum atomic E-state index is 0.794. The van der Waals surface area contributed by atoms with Crippen molar-refractivity contribution in [1.29, 1.82) is 0 Å². The van der Waals surface area contributed by atoms with Crippen molar-refractivity contribution in [2.75, 3.05) is 27.3 Å². The summed E-state index contributed by atoms with van der Waals surface area (Å²) in [6.07, 6.45) is 5.25. The molecule has 0 spiro atoms. The monoisotopic (exact) mass is 279 g/mol. The Morgan fingerprint density at radius 3 is 2.30 bits per heavy atom. The lowest BCUT2D eigenvalue weighted by atomic mass is 10.1. The van der Waals surface area contributed by atoms with E-state index in [1.807, 2.05) is 6.07 Å². The molecule has 3 heteroatoms. The van der Waals surface area contributed by atoms with Gasteiger partial charge < -0.3 is 9.47 Å². The van der Waals surface area contributed by atoms with Gasteiger partial charge in [-0.1, -0.05) is 39.2 Å². The fourth-order valence-electron chi connectivity index (χ4n) is 2.35. The van der Waals surface area contributed by atoms with E-state index < -0.39 is 0 Å². The maximum Gasteiger partial charge on any atom is 0.161 e. The average molecular weight is 279 g/mol. The summed E-state index contributed by atoms with van der Waals surface area (Å²) in [5, 5.41) is 0. The second-order valence-electron chi connectivity index (χ2n) is 5.12. The zero-order valence-corrected chi connectivity index (χ0v) is 13.4. The van der Waals surface area contributed by atoms with Crippen LogP contribution in [0.1, 0.15) is 45.1 Å². The third kappa shape index (κ3) is 5.41. The normalized spacial score (nSPS) is 10.8. The maximum absolute atomic E-state index is 5.36. The lowest BCUT2D eigenvalue weighted by molar-refractivity contribution is 0.272. The van der Waals surface area contributed by atoms with Crippen molar-refractivity contribution >= 4 is 0 Å². The smallest absolute Gasteiger partial charge is 0.161 e. The van der Waals surface area contributed by atoms with Gasteiger partial charge in [0, 0.05) is 6.54 Å². The van der Waals surface area contributed by atoms with Crippen molar-refractivity contribution in [3.63, 3.8) is 0 Å². The van der Waals surface area contributed by atoms with Crippen LogP contribution < -0.4 is 9.47 Å². The topological polar surface area (TPSA) is 21.7 Å². The molecule has 20 heavy (non-hydrogen) atoms. The van der Waals surface area contributed by atoms with Gasteiger partial charge >= 0.3 is 0 Å². The van der Waals surface area contributed by atoms with Crippen molar-refractivity contribution in [3.8, 4) is 11.5 Å². The first-order valence-corrected chi connectivity index (χ1v) is 7.68. The minimum Gasteiger partial charge on any atom is -0.493 e. The molecule has 0 N–H and O–H groups in total. The van der Waals surface area contributed by atoms with Crippen molar-refractivity contribution in [3.05, 3.63) is 23.8 Å². The Kier molecular flexibility index (Phi) is 8.12. The van der Waals surface area contributed by atoms with Crippen LogP contribution in [0.25, 0.3) is 0 Å². The van der Waals surface area contributed by atoms with Crippen LogP contribution in [0.15, 0.2) is 18.2 Å². The number of hydrogen-bond acceptors (Lipinski definition) is 3. The van der Waals surface area contributed by atoms with Crippen LogP contribution in [-0.4, -0.2) is 32.2 Å². The van der Waals surface area contributed by atoms with Gasteiger partial charge in [-0.2, -0.15) is 0 Å². The number of unbranched alkanes of at least 4 members (excludes halogenated alkanes) is 3. The van der Waals surface area contributed by atoms with E-state index in [9.17, 15) is 0 Å². The molecule has 0 heterocycles. The molecule has 0 radical (unpaired) electrons. The summed E-state index contributed by atoms with van der Waals surface area (Å²) in [6.45, 7) is 7.70. The third-order valence-corrected chi connectivity index (χ3v) is 3.63. The molecule has 0 aliphatic rings. The molecule has 3 nitrogen and oxygen atoms in total. The largest absolute Gasteiger partial charge is 0.493 e. The highest BCUT2D eigenvalue weighted by Crippen LogP contribution is 2.28. The summed E-state index contributed by atoms with van der Waals surface area (Å²) in [7, 11) is 3.35. The van der Waals surface area contributed by atoms with Crippen LogP contribution in [0.5, 0.6) is 11.5 Å². The number of methoxy groups -OCH3 is 2. The maximum atomic E-state index is 5.36. The predicted molar refractivity (Wildman–Crippen MR) is 84.6 cm³/mol. The fourth-order valence-corrected chi connectivity index (χ4v) is 2.35. The Morgan fingerprint density at radius 2 is 1.70 bits per heavy atom. The van der Waals surface area contributed by atoms with Gasteiger partial charge in [-0.3, -0.25) is 4.90 Å². The Hall–Kier alpha value is -1.22. The Morgan fingerprint density at radius 1 is 0.950 bits per heavy atom. The summed E-state index contributed by atoms with van der Waals surface area (Å²) >= 11 is 0. The molecule has 0 aliphatic heterocycles. The summed E-state index contributed by atoms with van der Waals surface area (Å²) in [5.41, 5.74) is 1.28. The van der Waals surface area contributed by atoms with Crippen LogP contribution in [0.4, 0.5) is 0 Å². The van der Waals surface area contributed by atoms with E-state index in [0.29, 0.717) is 0 Å². The molecule has 0 aliphatic carbocycles. The zero-order chi connectivity index (χ0) is 14.8. The lowest BCUT2D eigenvalue weighted by Crippen LogP contribution is -2.24. The third-order valence-electron chi connectivity index (χ3n) is 3.63. The molecule has 0 aromatic heterocycles. The summed E-state index contributed by atoms with van der Waals surface area (Å²) in [5.74, 6) is 1.61. The van der Waals surface area contributed by atoms with Gasteiger partial charge in [0.15, 0.2) is 11.5 Å². The van der Waals surface area contributed by atoms with Crippen LogP contribution >= 0.6 is 0 Å². The van der Waals surface area contributed by atoms with Gasteiger partial charge in [0.2, 0.25) is 0 Å². The van der Waals surface area contributed by atoms with Crippen LogP contribution in [0, 0.1) is 0 Å². The highest BCUT2D eigenvalue weighted by Gasteiger charge is 2.08. The molecule has 0 saturated carbocycles. The number of nitrogens with zero attached hydrogens (tertiary/aromatic N) is 1. The summed E-state index contributed by atoms with van der Waals surface area (Å²) in [6, 6.07) is 6.18. The van der Waals surface area contributed by atoms with Gasteiger partial charge in [-0.25, -0.2) is 0 Å². The Bertz CT molecular complexity index is 379. The molecule has 0 saturated heterocycles. The Balaban J connectivity index is 2.56. The SMILES string of the molecule is CCCCCCN(CC)Cc1ccc(OC)c(OC)c1. The van der Waals surface area contributed by atoms with Crippen molar-refractivity contribution < 1.29 is 9.47 Å². The van der Waals surface area contributed by atoms with Gasteiger partial charge in [0.25, 0.3) is 0 Å². The van der Waals surface area contributed by atoms with Crippen molar-refractivity contribution in [1.82, 2.24) is 4.90 Å². The molecular weight excluding hydrogens is 250 g/mol. The van der Waals surface area contributed by atoms with E-state index in [-0.39, 0.29) is 0 Å².